The summed E-state index contributed by atoms with van der Waals surface area (Å²) in [6.45, 7) is -0.393. The molecular formula is C12H8Cl2FNO. The minimum absolute atomic E-state index is 0.136. The molecule has 2 nitrogen and oxygen atoms in total. The fourth-order valence-electron chi connectivity index (χ4n) is 1.46. The van der Waals surface area contributed by atoms with Crippen molar-refractivity contribution in [1.29, 1.82) is 0 Å². The molecule has 0 spiro atoms. The highest BCUT2D eigenvalue weighted by atomic mass is 35.5. The second kappa shape index (κ2) is 5.00. The van der Waals surface area contributed by atoms with Crippen molar-refractivity contribution in [3.63, 3.8) is 0 Å². The third kappa shape index (κ3) is 2.41. The van der Waals surface area contributed by atoms with Crippen molar-refractivity contribution in [3.8, 4) is 11.3 Å². The van der Waals surface area contributed by atoms with Gasteiger partial charge >= 0.3 is 0 Å². The lowest BCUT2D eigenvalue weighted by Crippen LogP contribution is -1.96. The molecule has 0 fully saturated rings. The summed E-state index contributed by atoms with van der Waals surface area (Å²) < 4.78 is 13.4. The number of aliphatic hydroxyl groups is 1. The van der Waals surface area contributed by atoms with Crippen molar-refractivity contribution < 1.29 is 9.50 Å². The van der Waals surface area contributed by atoms with Crippen LogP contribution in [-0.4, -0.2) is 10.1 Å². The molecule has 0 aliphatic heterocycles. The van der Waals surface area contributed by atoms with E-state index in [1.54, 1.807) is 24.3 Å². The average molecular weight is 272 g/mol. The van der Waals surface area contributed by atoms with Crippen molar-refractivity contribution in [2.24, 2.45) is 0 Å². The smallest absolute Gasteiger partial charge is 0.218 e. The van der Waals surface area contributed by atoms with Gasteiger partial charge in [0, 0.05) is 11.1 Å². The van der Waals surface area contributed by atoms with Crippen molar-refractivity contribution in [2.45, 2.75) is 6.61 Å². The maximum Gasteiger partial charge on any atom is 0.218 e. The topological polar surface area (TPSA) is 33.1 Å². The van der Waals surface area contributed by atoms with Crippen molar-refractivity contribution in [2.75, 3.05) is 0 Å². The number of nitrogens with zero attached hydrogens (tertiary/aromatic N) is 1. The summed E-state index contributed by atoms with van der Waals surface area (Å²) in [5.74, 6) is -0.721. The maximum absolute atomic E-state index is 13.4. The first-order valence-corrected chi connectivity index (χ1v) is 5.59. The van der Waals surface area contributed by atoms with E-state index < -0.39 is 12.6 Å². The number of aliphatic hydroxyl groups excluding tert-OH is 1. The number of halogens is 3. The molecule has 0 unspecified atom stereocenters. The third-order valence-electron chi connectivity index (χ3n) is 2.32. The largest absolute Gasteiger partial charge is 0.392 e. The van der Waals surface area contributed by atoms with Gasteiger partial charge in [0.1, 0.15) is 0 Å². The van der Waals surface area contributed by atoms with Crippen molar-refractivity contribution in [1.82, 2.24) is 4.98 Å². The first-order valence-electron chi connectivity index (χ1n) is 4.84. The van der Waals surface area contributed by atoms with E-state index in [-0.39, 0.29) is 5.56 Å². The number of pyridine rings is 1. The first-order chi connectivity index (χ1) is 8.13. The van der Waals surface area contributed by atoms with Gasteiger partial charge in [-0.05, 0) is 24.3 Å². The molecule has 0 radical (unpaired) electrons. The Kier molecular flexibility index (Phi) is 3.62. The Labute approximate surface area is 108 Å². The van der Waals surface area contributed by atoms with E-state index in [2.05, 4.69) is 4.98 Å². The third-order valence-corrected chi connectivity index (χ3v) is 2.95. The van der Waals surface area contributed by atoms with Crippen LogP contribution in [0.1, 0.15) is 5.56 Å². The molecule has 1 heterocycles. The van der Waals surface area contributed by atoms with Gasteiger partial charge in [0.25, 0.3) is 0 Å². The number of aromatic nitrogens is 1. The maximum atomic E-state index is 13.4. The quantitative estimate of drug-likeness (QED) is 0.846. The van der Waals surface area contributed by atoms with E-state index in [1.807, 2.05) is 0 Å². The minimum Gasteiger partial charge on any atom is -0.392 e. The van der Waals surface area contributed by atoms with Gasteiger partial charge < -0.3 is 5.11 Å². The molecule has 5 heteroatoms. The molecular weight excluding hydrogens is 264 g/mol. The highest BCUT2D eigenvalue weighted by molar-refractivity contribution is 6.39. The Balaban J connectivity index is 2.57. The summed E-state index contributed by atoms with van der Waals surface area (Å²) in [5, 5.41) is 9.66. The predicted molar refractivity (Wildman–Crippen MR) is 65.6 cm³/mol. The van der Waals surface area contributed by atoms with Crippen molar-refractivity contribution >= 4 is 23.2 Å². The van der Waals surface area contributed by atoms with Gasteiger partial charge in [-0.3, -0.25) is 0 Å². The molecule has 2 aromatic rings. The standard InChI is InChI=1S/C12H8Cl2FNO/c13-8-2-1-3-9(14)11(8)10-5-4-7(6-17)12(15)16-10/h1-5,17H,6H2. The van der Waals surface area contributed by atoms with E-state index in [0.717, 1.165) is 0 Å². The number of hydrogen-bond acceptors (Lipinski definition) is 2. The zero-order chi connectivity index (χ0) is 12.4. The van der Waals surface area contributed by atoms with E-state index in [0.29, 0.717) is 21.3 Å². The molecule has 0 amide bonds. The second-order valence-corrected chi connectivity index (χ2v) is 4.22. The lowest BCUT2D eigenvalue weighted by Gasteiger charge is -2.07. The summed E-state index contributed by atoms with van der Waals surface area (Å²) in [7, 11) is 0. The van der Waals surface area contributed by atoms with Gasteiger partial charge in [-0.1, -0.05) is 29.3 Å². The van der Waals surface area contributed by atoms with Crippen LogP contribution >= 0.6 is 23.2 Å². The Morgan fingerprint density at radius 1 is 1.12 bits per heavy atom. The van der Waals surface area contributed by atoms with Crippen LogP contribution in [0.2, 0.25) is 10.0 Å². The van der Waals surface area contributed by atoms with Gasteiger partial charge in [0.05, 0.1) is 22.3 Å². The number of rotatable bonds is 2. The van der Waals surface area contributed by atoms with E-state index in [9.17, 15) is 4.39 Å². The van der Waals surface area contributed by atoms with Gasteiger partial charge in [-0.25, -0.2) is 4.98 Å². The average Bonchev–Trinajstić information content (AvgIpc) is 2.29. The molecule has 0 atom stereocenters. The lowest BCUT2D eigenvalue weighted by atomic mass is 10.1. The van der Waals surface area contributed by atoms with E-state index in [1.165, 1.54) is 6.07 Å². The molecule has 0 bridgehead atoms. The Morgan fingerprint density at radius 3 is 2.29 bits per heavy atom. The van der Waals surface area contributed by atoms with Crippen molar-refractivity contribution in [3.05, 3.63) is 51.9 Å². The Morgan fingerprint density at radius 2 is 1.76 bits per heavy atom. The fourth-order valence-corrected chi connectivity index (χ4v) is 2.05. The van der Waals surface area contributed by atoms with E-state index in [4.69, 9.17) is 28.3 Å². The lowest BCUT2D eigenvalue weighted by molar-refractivity contribution is 0.274. The summed E-state index contributed by atoms with van der Waals surface area (Å²) in [4.78, 5) is 3.74. The second-order valence-electron chi connectivity index (χ2n) is 3.40. The van der Waals surface area contributed by atoms with E-state index >= 15 is 0 Å². The van der Waals surface area contributed by atoms with Crippen LogP contribution in [-0.2, 0) is 6.61 Å². The molecule has 0 saturated carbocycles. The van der Waals surface area contributed by atoms with Crippen LogP contribution in [0.5, 0.6) is 0 Å². The Hall–Kier alpha value is -1.16. The summed E-state index contributed by atoms with van der Waals surface area (Å²) in [6, 6.07) is 8.04. The monoisotopic (exact) mass is 271 g/mol. The number of benzene rings is 1. The minimum atomic E-state index is -0.721. The van der Waals surface area contributed by atoms with Crippen LogP contribution in [0, 0.1) is 5.95 Å². The number of hydrogen-bond donors (Lipinski definition) is 1. The molecule has 88 valence electrons. The highest BCUT2D eigenvalue weighted by Gasteiger charge is 2.12. The molecule has 1 aromatic carbocycles. The molecule has 2 rings (SSSR count). The van der Waals surface area contributed by atoms with Crippen LogP contribution in [0.15, 0.2) is 30.3 Å². The highest BCUT2D eigenvalue weighted by Crippen LogP contribution is 2.33. The van der Waals surface area contributed by atoms with Gasteiger partial charge in [0.2, 0.25) is 5.95 Å². The molecule has 0 aliphatic rings. The SMILES string of the molecule is OCc1ccc(-c2c(Cl)cccc2Cl)nc1F. The normalized spacial score (nSPS) is 10.6. The molecule has 17 heavy (non-hydrogen) atoms. The fraction of sp³-hybridized carbons (Fsp3) is 0.0833. The zero-order valence-corrected chi connectivity index (χ0v) is 10.1. The summed E-state index contributed by atoms with van der Waals surface area (Å²) >= 11 is 12.0. The van der Waals surface area contributed by atoms with Crippen LogP contribution in [0.25, 0.3) is 11.3 Å². The van der Waals surface area contributed by atoms with Crippen LogP contribution < -0.4 is 0 Å². The molecule has 1 aromatic heterocycles. The van der Waals surface area contributed by atoms with Crippen LogP contribution in [0.3, 0.4) is 0 Å². The van der Waals surface area contributed by atoms with Crippen LogP contribution in [0.4, 0.5) is 4.39 Å². The predicted octanol–water partition coefficient (Wildman–Crippen LogP) is 3.69. The zero-order valence-electron chi connectivity index (χ0n) is 8.62. The summed E-state index contributed by atoms with van der Waals surface area (Å²) in [6.07, 6.45) is 0. The van der Waals surface area contributed by atoms with Gasteiger partial charge in [-0.2, -0.15) is 4.39 Å². The Bertz CT molecular complexity index is 540. The first kappa shape index (κ1) is 12.3. The molecule has 0 saturated heterocycles. The molecule has 0 aliphatic carbocycles. The van der Waals surface area contributed by atoms with Gasteiger partial charge in [0.15, 0.2) is 0 Å². The summed E-state index contributed by atoms with van der Waals surface area (Å²) in [5.41, 5.74) is 0.964. The van der Waals surface area contributed by atoms with Gasteiger partial charge in [-0.15, -0.1) is 0 Å². The molecule has 1 N–H and O–H groups in total.